The lowest BCUT2D eigenvalue weighted by molar-refractivity contribution is 0.411. The lowest BCUT2D eigenvalue weighted by Gasteiger charge is -2.16. The Balaban J connectivity index is 2.03. The first-order chi connectivity index (χ1) is 9.99. The highest BCUT2D eigenvalue weighted by atomic mass is 16.5. The van der Waals surface area contributed by atoms with E-state index in [1.54, 1.807) is 7.11 Å². The van der Waals surface area contributed by atoms with Crippen molar-refractivity contribution in [3.63, 3.8) is 0 Å². The Labute approximate surface area is 128 Å². The molecule has 0 aromatic heterocycles. The van der Waals surface area contributed by atoms with Crippen LogP contribution in [0.5, 0.6) is 5.75 Å². The van der Waals surface area contributed by atoms with Gasteiger partial charge in [-0.2, -0.15) is 0 Å². The minimum absolute atomic E-state index is 0.339. The molecule has 112 valence electrons. The number of benzene rings is 2. The highest BCUT2D eigenvalue weighted by molar-refractivity contribution is 5.36. The number of aryl methyl sites for hydroxylation is 3. The Morgan fingerprint density at radius 3 is 2.24 bits per heavy atom. The summed E-state index contributed by atoms with van der Waals surface area (Å²) in [7, 11) is 1.71. The molecule has 21 heavy (non-hydrogen) atoms. The van der Waals surface area contributed by atoms with Crippen LogP contribution in [0.25, 0.3) is 0 Å². The lowest BCUT2D eigenvalue weighted by atomic mass is 10.0. The van der Waals surface area contributed by atoms with Gasteiger partial charge in [0.05, 0.1) is 7.11 Å². The second-order valence-electron chi connectivity index (χ2n) is 5.83. The second kappa shape index (κ2) is 6.77. The van der Waals surface area contributed by atoms with E-state index in [-0.39, 0.29) is 0 Å². The number of hydrogen-bond acceptors (Lipinski definition) is 2. The Bertz CT molecular complexity index is 599. The number of rotatable bonds is 5. The highest BCUT2D eigenvalue weighted by Crippen LogP contribution is 2.20. The van der Waals surface area contributed by atoms with Gasteiger partial charge in [-0.3, -0.25) is 0 Å². The zero-order valence-corrected chi connectivity index (χ0v) is 13.7. The summed E-state index contributed by atoms with van der Waals surface area (Å²) in [5.74, 6) is 0.945. The first-order valence-corrected chi connectivity index (χ1v) is 7.44. The minimum atomic E-state index is 0.339. The summed E-state index contributed by atoms with van der Waals surface area (Å²) in [4.78, 5) is 0. The summed E-state index contributed by atoms with van der Waals surface area (Å²) < 4.78 is 5.30. The third-order valence-electron chi connectivity index (χ3n) is 3.82. The van der Waals surface area contributed by atoms with Crippen LogP contribution >= 0.6 is 0 Å². The molecule has 0 heterocycles. The van der Waals surface area contributed by atoms with Gasteiger partial charge in [-0.1, -0.05) is 41.5 Å². The summed E-state index contributed by atoms with van der Waals surface area (Å²) in [5.41, 5.74) is 6.44. The zero-order chi connectivity index (χ0) is 15.4. The zero-order valence-electron chi connectivity index (χ0n) is 13.7. The first-order valence-electron chi connectivity index (χ1n) is 7.44. The monoisotopic (exact) mass is 283 g/mol. The molecular formula is C19H25NO. The maximum absolute atomic E-state index is 5.30. The van der Waals surface area contributed by atoms with Crippen molar-refractivity contribution in [2.24, 2.45) is 0 Å². The molecule has 0 aliphatic rings. The molecule has 0 radical (unpaired) electrons. The first kappa shape index (κ1) is 15.6. The molecule has 0 bridgehead atoms. The fourth-order valence-electron chi connectivity index (χ4n) is 2.70. The van der Waals surface area contributed by atoms with E-state index in [0.717, 1.165) is 12.3 Å². The largest absolute Gasteiger partial charge is 0.496 e. The van der Waals surface area contributed by atoms with Crippen LogP contribution in [-0.2, 0) is 6.54 Å². The van der Waals surface area contributed by atoms with Crippen molar-refractivity contribution in [3.05, 3.63) is 64.2 Å². The SMILES string of the molecule is COc1ccc(CNC(C)c2cc(C)cc(C)c2)cc1C. The van der Waals surface area contributed by atoms with Gasteiger partial charge in [0, 0.05) is 12.6 Å². The maximum Gasteiger partial charge on any atom is 0.121 e. The van der Waals surface area contributed by atoms with Crippen LogP contribution < -0.4 is 10.1 Å². The van der Waals surface area contributed by atoms with Gasteiger partial charge in [-0.15, -0.1) is 0 Å². The standard InChI is InChI=1S/C19H25NO/c1-13-8-14(2)10-18(9-13)16(4)20-12-17-6-7-19(21-5)15(3)11-17/h6-11,16,20H,12H2,1-5H3. The fraction of sp³-hybridized carbons (Fsp3) is 0.368. The van der Waals surface area contributed by atoms with E-state index in [1.807, 2.05) is 6.07 Å². The molecule has 2 aromatic rings. The van der Waals surface area contributed by atoms with E-state index >= 15 is 0 Å². The number of nitrogens with one attached hydrogen (secondary N) is 1. The van der Waals surface area contributed by atoms with Crippen molar-refractivity contribution >= 4 is 0 Å². The van der Waals surface area contributed by atoms with Crippen LogP contribution in [0.2, 0.25) is 0 Å². The summed E-state index contributed by atoms with van der Waals surface area (Å²) >= 11 is 0. The average molecular weight is 283 g/mol. The molecule has 2 nitrogen and oxygen atoms in total. The van der Waals surface area contributed by atoms with Crippen LogP contribution in [0, 0.1) is 20.8 Å². The Hall–Kier alpha value is -1.80. The number of methoxy groups -OCH3 is 1. The smallest absolute Gasteiger partial charge is 0.121 e. The molecule has 0 saturated heterocycles. The number of ether oxygens (including phenoxy) is 1. The summed E-state index contributed by atoms with van der Waals surface area (Å²) in [5, 5.41) is 3.59. The quantitative estimate of drug-likeness (QED) is 0.874. The van der Waals surface area contributed by atoms with E-state index in [1.165, 1.54) is 27.8 Å². The Morgan fingerprint density at radius 2 is 1.67 bits per heavy atom. The highest BCUT2D eigenvalue weighted by Gasteiger charge is 2.07. The third-order valence-corrected chi connectivity index (χ3v) is 3.82. The van der Waals surface area contributed by atoms with Gasteiger partial charge in [0.1, 0.15) is 5.75 Å². The Morgan fingerprint density at radius 1 is 1.00 bits per heavy atom. The molecule has 2 aromatic carbocycles. The van der Waals surface area contributed by atoms with Crippen LogP contribution in [0.4, 0.5) is 0 Å². The minimum Gasteiger partial charge on any atom is -0.496 e. The summed E-state index contributed by atoms with van der Waals surface area (Å²) in [6.45, 7) is 9.45. The topological polar surface area (TPSA) is 21.3 Å². The molecule has 2 rings (SSSR count). The predicted octanol–water partition coefficient (Wildman–Crippen LogP) is 4.47. The van der Waals surface area contributed by atoms with Crippen molar-refractivity contribution < 1.29 is 4.74 Å². The van der Waals surface area contributed by atoms with E-state index in [0.29, 0.717) is 6.04 Å². The molecule has 0 aliphatic carbocycles. The summed E-state index contributed by atoms with van der Waals surface area (Å²) in [6, 6.07) is 13.4. The van der Waals surface area contributed by atoms with Crippen molar-refractivity contribution in [1.29, 1.82) is 0 Å². The van der Waals surface area contributed by atoms with Gasteiger partial charge in [0.25, 0.3) is 0 Å². The molecule has 1 unspecified atom stereocenters. The van der Waals surface area contributed by atoms with E-state index < -0.39 is 0 Å². The van der Waals surface area contributed by atoms with Gasteiger partial charge in [0.15, 0.2) is 0 Å². The summed E-state index contributed by atoms with van der Waals surface area (Å²) in [6.07, 6.45) is 0. The van der Waals surface area contributed by atoms with Crippen molar-refractivity contribution in [2.75, 3.05) is 7.11 Å². The van der Waals surface area contributed by atoms with Crippen LogP contribution in [-0.4, -0.2) is 7.11 Å². The van der Waals surface area contributed by atoms with E-state index in [2.05, 4.69) is 63.3 Å². The van der Waals surface area contributed by atoms with Gasteiger partial charge in [0.2, 0.25) is 0 Å². The molecule has 0 amide bonds. The molecule has 0 aliphatic heterocycles. The van der Waals surface area contributed by atoms with Crippen LogP contribution in [0.1, 0.15) is 40.8 Å². The molecule has 2 heteroatoms. The predicted molar refractivity (Wildman–Crippen MR) is 88.9 cm³/mol. The Kier molecular flexibility index (Phi) is 5.03. The fourth-order valence-corrected chi connectivity index (χ4v) is 2.70. The van der Waals surface area contributed by atoms with Gasteiger partial charge in [-0.25, -0.2) is 0 Å². The molecule has 0 spiro atoms. The van der Waals surface area contributed by atoms with Crippen molar-refractivity contribution in [3.8, 4) is 5.75 Å². The van der Waals surface area contributed by atoms with Gasteiger partial charge < -0.3 is 10.1 Å². The van der Waals surface area contributed by atoms with E-state index in [9.17, 15) is 0 Å². The maximum atomic E-state index is 5.30. The molecule has 0 saturated carbocycles. The lowest BCUT2D eigenvalue weighted by Crippen LogP contribution is -2.18. The van der Waals surface area contributed by atoms with Crippen LogP contribution in [0.15, 0.2) is 36.4 Å². The molecule has 1 atom stereocenters. The molecule has 1 N–H and O–H groups in total. The molecule has 0 fully saturated rings. The molecular weight excluding hydrogens is 258 g/mol. The normalized spacial score (nSPS) is 12.2. The van der Waals surface area contributed by atoms with Crippen LogP contribution in [0.3, 0.4) is 0 Å². The second-order valence-corrected chi connectivity index (χ2v) is 5.83. The van der Waals surface area contributed by atoms with Gasteiger partial charge >= 0.3 is 0 Å². The van der Waals surface area contributed by atoms with Crippen molar-refractivity contribution in [2.45, 2.75) is 40.3 Å². The average Bonchev–Trinajstić information content (AvgIpc) is 2.43. The number of hydrogen-bond donors (Lipinski definition) is 1. The van der Waals surface area contributed by atoms with E-state index in [4.69, 9.17) is 4.74 Å². The van der Waals surface area contributed by atoms with Gasteiger partial charge in [-0.05, 0) is 50.5 Å². The third kappa shape index (κ3) is 4.08. The van der Waals surface area contributed by atoms with Crippen molar-refractivity contribution in [1.82, 2.24) is 5.32 Å².